The van der Waals surface area contributed by atoms with Gasteiger partial charge in [-0.2, -0.15) is 13.2 Å². The summed E-state index contributed by atoms with van der Waals surface area (Å²) in [4.78, 5) is 29.9. The number of rotatable bonds is 12. The van der Waals surface area contributed by atoms with Gasteiger partial charge in [-0.1, -0.05) is 102 Å². The molecular formula is C38H39ClF3N3O4S. The Bertz CT molecular complexity index is 1900. The number of anilines is 1. The first-order chi connectivity index (χ1) is 23.7. The SMILES string of the molecule is Cc1ccc(CN(C(=O)CN(c2ccc(Cl)c(C(F)(F)F)c2)S(=O)(=O)c2ccc(C)cc2)[C@H](Cc2ccccc2)C(=O)NC2CCCC2)cc1. The Morgan fingerprint density at radius 3 is 2.06 bits per heavy atom. The Labute approximate surface area is 296 Å². The Balaban J connectivity index is 1.61. The largest absolute Gasteiger partial charge is 0.417 e. The Hall–Kier alpha value is -4.35. The van der Waals surface area contributed by atoms with Crippen molar-refractivity contribution in [3.8, 4) is 0 Å². The van der Waals surface area contributed by atoms with Crippen molar-refractivity contribution in [1.29, 1.82) is 0 Å². The lowest BCUT2D eigenvalue weighted by Gasteiger charge is -2.34. The van der Waals surface area contributed by atoms with Crippen LogP contribution in [0.25, 0.3) is 0 Å². The quantitative estimate of drug-likeness (QED) is 0.161. The molecule has 7 nitrogen and oxygen atoms in total. The molecule has 50 heavy (non-hydrogen) atoms. The number of nitrogens with zero attached hydrogens (tertiary/aromatic N) is 2. The highest BCUT2D eigenvalue weighted by Gasteiger charge is 2.38. The van der Waals surface area contributed by atoms with Gasteiger partial charge in [0.2, 0.25) is 11.8 Å². The van der Waals surface area contributed by atoms with E-state index in [1.165, 1.54) is 17.0 Å². The van der Waals surface area contributed by atoms with Gasteiger partial charge in [0.1, 0.15) is 12.6 Å². The second-order valence-electron chi connectivity index (χ2n) is 12.7. The molecule has 1 saturated carbocycles. The van der Waals surface area contributed by atoms with Crippen molar-refractivity contribution in [2.24, 2.45) is 0 Å². The van der Waals surface area contributed by atoms with E-state index in [0.717, 1.165) is 54.5 Å². The molecule has 1 aliphatic carbocycles. The third kappa shape index (κ3) is 9.05. The van der Waals surface area contributed by atoms with E-state index in [-0.39, 0.29) is 29.8 Å². The highest BCUT2D eigenvalue weighted by atomic mass is 35.5. The molecule has 0 bridgehead atoms. The van der Waals surface area contributed by atoms with E-state index in [2.05, 4.69) is 5.32 Å². The molecule has 2 amide bonds. The number of sulfonamides is 1. The van der Waals surface area contributed by atoms with Crippen LogP contribution < -0.4 is 9.62 Å². The van der Waals surface area contributed by atoms with Gasteiger partial charge in [0.25, 0.3) is 10.0 Å². The van der Waals surface area contributed by atoms with Gasteiger partial charge >= 0.3 is 6.18 Å². The van der Waals surface area contributed by atoms with Gasteiger partial charge in [-0.15, -0.1) is 0 Å². The molecule has 4 aromatic rings. The number of nitrogens with one attached hydrogen (secondary N) is 1. The van der Waals surface area contributed by atoms with E-state index in [9.17, 15) is 31.2 Å². The van der Waals surface area contributed by atoms with Crippen molar-refractivity contribution in [3.05, 3.63) is 130 Å². The molecule has 0 radical (unpaired) electrons. The van der Waals surface area contributed by atoms with Crippen LogP contribution in [0.2, 0.25) is 5.02 Å². The molecule has 0 aromatic heterocycles. The van der Waals surface area contributed by atoms with E-state index in [4.69, 9.17) is 11.6 Å². The predicted octanol–water partition coefficient (Wildman–Crippen LogP) is 7.87. The smallest absolute Gasteiger partial charge is 0.352 e. The van der Waals surface area contributed by atoms with Gasteiger partial charge in [0, 0.05) is 19.0 Å². The fraction of sp³-hybridized carbons (Fsp3) is 0.316. The standard InChI is InChI=1S/C38H39ClF3N3O4S/c1-26-12-16-29(17-13-26)24-44(35(22-28-8-4-3-5-9-28)37(47)43-30-10-6-7-11-30)36(46)25-45(50(48,49)32-19-14-27(2)15-20-32)31-18-21-34(39)33(23-31)38(40,41)42/h3-5,8-9,12-21,23,30,35H,6-7,10-11,22,24-25H2,1-2H3,(H,43,47)/t35-/m1/s1. The van der Waals surface area contributed by atoms with E-state index < -0.39 is 51.0 Å². The van der Waals surface area contributed by atoms with Gasteiger partial charge in [-0.05, 0) is 68.1 Å². The summed E-state index contributed by atoms with van der Waals surface area (Å²) >= 11 is 5.91. The third-order valence-electron chi connectivity index (χ3n) is 8.88. The average molecular weight is 726 g/mol. The van der Waals surface area contributed by atoms with Crippen LogP contribution in [0, 0.1) is 13.8 Å². The predicted molar refractivity (Wildman–Crippen MR) is 188 cm³/mol. The molecule has 0 saturated heterocycles. The first-order valence-corrected chi connectivity index (χ1v) is 18.2. The Morgan fingerprint density at radius 1 is 0.860 bits per heavy atom. The lowest BCUT2D eigenvalue weighted by molar-refractivity contribution is -0.140. The second kappa shape index (κ2) is 15.7. The minimum Gasteiger partial charge on any atom is -0.352 e. The Kier molecular flexibility index (Phi) is 11.6. The molecule has 4 aromatic carbocycles. The number of hydrogen-bond acceptors (Lipinski definition) is 4. The summed E-state index contributed by atoms with van der Waals surface area (Å²) in [6.45, 7) is 2.73. The third-order valence-corrected chi connectivity index (χ3v) is 11.0. The van der Waals surface area contributed by atoms with Crippen LogP contribution in [0.1, 0.15) is 53.5 Å². The minimum atomic E-state index is -4.90. The number of benzene rings is 4. The maximum absolute atomic E-state index is 14.6. The molecule has 0 unspecified atom stereocenters. The van der Waals surface area contributed by atoms with Crippen LogP contribution in [0.5, 0.6) is 0 Å². The summed E-state index contributed by atoms with van der Waals surface area (Å²) in [7, 11) is -4.60. The van der Waals surface area contributed by atoms with E-state index in [1.807, 2.05) is 61.5 Å². The van der Waals surface area contributed by atoms with Crippen LogP contribution in [0.15, 0.2) is 102 Å². The van der Waals surface area contributed by atoms with E-state index in [1.54, 1.807) is 19.1 Å². The van der Waals surface area contributed by atoms with Gasteiger partial charge in [0.15, 0.2) is 0 Å². The Morgan fingerprint density at radius 2 is 1.46 bits per heavy atom. The van der Waals surface area contributed by atoms with Crippen LogP contribution in [0.4, 0.5) is 18.9 Å². The second-order valence-corrected chi connectivity index (χ2v) is 15.0. The van der Waals surface area contributed by atoms with Crippen LogP contribution >= 0.6 is 11.6 Å². The van der Waals surface area contributed by atoms with Crippen molar-refractivity contribution in [3.63, 3.8) is 0 Å². The van der Waals surface area contributed by atoms with Crippen LogP contribution in [-0.4, -0.2) is 43.8 Å². The molecular weight excluding hydrogens is 687 g/mol. The zero-order chi connectivity index (χ0) is 36.1. The summed E-state index contributed by atoms with van der Waals surface area (Å²) in [5.41, 5.74) is 1.55. The van der Waals surface area contributed by atoms with Crippen LogP contribution in [-0.2, 0) is 38.8 Å². The molecule has 0 aliphatic heterocycles. The molecule has 1 N–H and O–H groups in total. The summed E-state index contributed by atoms with van der Waals surface area (Å²) < 4.78 is 71.2. The zero-order valence-corrected chi connectivity index (χ0v) is 29.4. The summed E-state index contributed by atoms with van der Waals surface area (Å²) in [6, 6.07) is 23.9. The summed E-state index contributed by atoms with van der Waals surface area (Å²) in [5.74, 6) is -1.16. The number of amides is 2. The van der Waals surface area contributed by atoms with Crippen molar-refractivity contribution < 1.29 is 31.2 Å². The van der Waals surface area contributed by atoms with Crippen molar-refractivity contribution in [2.75, 3.05) is 10.8 Å². The normalized spacial score (nSPS) is 14.3. The lowest BCUT2D eigenvalue weighted by atomic mass is 10.0. The summed E-state index contributed by atoms with van der Waals surface area (Å²) in [5, 5.41) is 2.48. The number of carbonyl (C=O) groups is 2. The zero-order valence-electron chi connectivity index (χ0n) is 27.8. The van der Waals surface area contributed by atoms with Crippen LogP contribution in [0.3, 0.4) is 0 Å². The maximum Gasteiger partial charge on any atom is 0.417 e. The highest BCUT2D eigenvalue weighted by molar-refractivity contribution is 7.92. The van der Waals surface area contributed by atoms with E-state index in [0.29, 0.717) is 15.9 Å². The molecule has 5 rings (SSSR count). The number of hydrogen-bond donors (Lipinski definition) is 1. The molecule has 0 spiro atoms. The van der Waals surface area contributed by atoms with Crippen molar-refractivity contribution in [1.82, 2.24) is 10.2 Å². The van der Waals surface area contributed by atoms with Gasteiger partial charge < -0.3 is 10.2 Å². The summed E-state index contributed by atoms with van der Waals surface area (Å²) in [6.07, 6.45) is -1.24. The number of halogens is 4. The van der Waals surface area contributed by atoms with Gasteiger partial charge in [-0.25, -0.2) is 8.42 Å². The maximum atomic E-state index is 14.6. The van der Waals surface area contributed by atoms with Crippen molar-refractivity contribution in [2.45, 2.75) is 75.7 Å². The van der Waals surface area contributed by atoms with Crippen molar-refractivity contribution >= 4 is 39.1 Å². The first-order valence-electron chi connectivity index (χ1n) is 16.4. The highest BCUT2D eigenvalue weighted by Crippen LogP contribution is 2.38. The molecule has 12 heteroatoms. The lowest BCUT2D eigenvalue weighted by Crippen LogP contribution is -2.54. The van der Waals surface area contributed by atoms with Gasteiger partial charge in [-0.3, -0.25) is 13.9 Å². The monoisotopic (exact) mass is 725 g/mol. The molecule has 1 atom stereocenters. The molecule has 0 heterocycles. The topological polar surface area (TPSA) is 86.8 Å². The number of aryl methyl sites for hydroxylation is 2. The minimum absolute atomic E-state index is 0.0540. The first kappa shape index (κ1) is 36.9. The van der Waals surface area contributed by atoms with Gasteiger partial charge in [0.05, 0.1) is 21.2 Å². The fourth-order valence-corrected chi connectivity index (χ4v) is 7.69. The molecule has 1 fully saturated rings. The molecule has 264 valence electrons. The molecule has 1 aliphatic rings. The van der Waals surface area contributed by atoms with E-state index >= 15 is 0 Å². The average Bonchev–Trinajstić information content (AvgIpc) is 3.59. The number of alkyl halides is 3. The fourth-order valence-electron chi connectivity index (χ4n) is 6.06. The number of carbonyl (C=O) groups excluding carboxylic acids is 2.